The second-order valence-corrected chi connectivity index (χ2v) is 5.36. The van der Waals surface area contributed by atoms with Gasteiger partial charge >= 0.3 is 5.97 Å². The van der Waals surface area contributed by atoms with E-state index < -0.39 is 5.97 Å². The zero-order chi connectivity index (χ0) is 17.0. The van der Waals surface area contributed by atoms with Gasteiger partial charge < -0.3 is 14.6 Å². The second-order valence-electron chi connectivity index (χ2n) is 5.36. The van der Waals surface area contributed by atoms with Gasteiger partial charge in [0.2, 0.25) is 0 Å². The first kappa shape index (κ1) is 16.8. The standard InChI is InChI=1S/C16H21N3O4/c1-18(8-11-7-17-19(2)9-11)10-14-13(16(20)21)5-12(22-3)6-15(14)23-4/h5-7,9H,8,10H2,1-4H3,(H,20,21). The SMILES string of the molecule is COc1cc(OC)c(CN(C)Cc2cnn(C)c2)c(C(=O)O)c1. The van der Waals surface area contributed by atoms with E-state index in [9.17, 15) is 9.90 Å². The van der Waals surface area contributed by atoms with E-state index in [1.165, 1.54) is 20.3 Å². The van der Waals surface area contributed by atoms with Gasteiger partial charge in [0.15, 0.2) is 0 Å². The fourth-order valence-electron chi connectivity index (χ4n) is 2.46. The van der Waals surface area contributed by atoms with Crippen molar-refractivity contribution in [2.24, 2.45) is 7.05 Å². The lowest BCUT2D eigenvalue weighted by Crippen LogP contribution is -2.19. The topological polar surface area (TPSA) is 76.8 Å². The van der Waals surface area contributed by atoms with Gasteiger partial charge in [-0.05, 0) is 13.1 Å². The second kappa shape index (κ2) is 7.15. The molecule has 0 saturated carbocycles. The average molecular weight is 319 g/mol. The van der Waals surface area contributed by atoms with E-state index in [-0.39, 0.29) is 5.56 Å². The number of benzene rings is 1. The lowest BCUT2D eigenvalue weighted by Gasteiger charge is -2.20. The Labute approximate surface area is 135 Å². The minimum atomic E-state index is -1.01. The molecule has 0 aliphatic carbocycles. The zero-order valence-corrected chi connectivity index (χ0v) is 13.7. The highest BCUT2D eigenvalue weighted by molar-refractivity contribution is 5.91. The summed E-state index contributed by atoms with van der Waals surface area (Å²) in [5, 5.41) is 13.6. The first-order valence-electron chi connectivity index (χ1n) is 7.08. The first-order valence-corrected chi connectivity index (χ1v) is 7.08. The number of carboxylic acid groups (broad SMARTS) is 1. The van der Waals surface area contributed by atoms with E-state index in [4.69, 9.17) is 9.47 Å². The predicted molar refractivity (Wildman–Crippen MR) is 84.9 cm³/mol. The molecular weight excluding hydrogens is 298 g/mol. The van der Waals surface area contributed by atoms with Crippen LogP contribution >= 0.6 is 0 Å². The molecule has 0 saturated heterocycles. The van der Waals surface area contributed by atoms with Crippen molar-refractivity contribution in [1.82, 2.24) is 14.7 Å². The van der Waals surface area contributed by atoms with Gasteiger partial charge in [-0.15, -0.1) is 0 Å². The normalized spacial score (nSPS) is 10.8. The Kier molecular flexibility index (Phi) is 5.23. The van der Waals surface area contributed by atoms with Crippen LogP contribution in [0.15, 0.2) is 24.5 Å². The van der Waals surface area contributed by atoms with Crippen molar-refractivity contribution in [2.75, 3.05) is 21.3 Å². The summed E-state index contributed by atoms with van der Waals surface area (Å²) in [5.41, 5.74) is 1.85. The molecule has 23 heavy (non-hydrogen) atoms. The maximum atomic E-state index is 11.6. The number of aryl methyl sites for hydroxylation is 1. The Morgan fingerprint density at radius 3 is 2.57 bits per heavy atom. The van der Waals surface area contributed by atoms with E-state index in [2.05, 4.69) is 5.10 Å². The predicted octanol–water partition coefficient (Wildman–Crippen LogP) is 1.77. The number of rotatable bonds is 7. The lowest BCUT2D eigenvalue weighted by molar-refractivity contribution is 0.0693. The number of methoxy groups -OCH3 is 2. The average Bonchev–Trinajstić information content (AvgIpc) is 2.91. The van der Waals surface area contributed by atoms with Crippen LogP contribution in [0, 0.1) is 0 Å². The maximum Gasteiger partial charge on any atom is 0.336 e. The van der Waals surface area contributed by atoms with Gasteiger partial charge in [0.1, 0.15) is 11.5 Å². The molecule has 0 unspecified atom stereocenters. The molecule has 2 rings (SSSR count). The minimum Gasteiger partial charge on any atom is -0.497 e. The van der Waals surface area contributed by atoms with Crippen LogP contribution in [0.5, 0.6) is 11.5 Å². The molecule has 1 aromatic carbocycles. The van der Waals surface area contributed by atoms with Gasteiger partial charge in [-0.1, -0.05) is 0 Å². The number of ether oxygens (including phenoxy) is 2. The Bertz CT molecular complexity index is 697. The van der Waals surface area contributed by atoms with Crippen molar-refractivity contribution >= 4 is 5.97 Å². The largest absolute Gasteiger partial charge is 0.497 e. The van der Waals surface area contributed by atoms with E-state index in [1.54, 1.807) is 16.9 Å². The number of carbonyl (C=O) groups is 1. The molecule has 0 bridgehead atoms. The third kappa shape index (κ3) is 4.01. The van der Waals surface area contributed by atoms with E-state index in [1.807, 2.05) is 25.2 Å². The summed E-state index contributed by atoms with van der Waals surface area (Å²) in [6.45, 7) is 1.09. The van der Waals surface area contributed by atoms with Gasteiger partial charge in [0, 0.05) is 43.5 Å². The van der Waals surface area contributed by atoms with Crippen LogP contribution in [0.3, 0.4) is 0 Å². The van der Waals surface area contributed by atoms with Gasteiger partial charge in [-0.3, -0.25) is 9.58 Å². The molecule has 0 fully saturated rings. The third-order valence-corrected chi connectivity index (χ3v) is 3.51. The molecule has 0 amide bonds. The summed E-state index contributed by atoms with van der Waals surface area (Å²) in [7, 11) is 6.79. The van der Waals surface area contributed by atoms with Gasteiger partial charge in [-0.2, -0.15) is 5.10 Å². The molecule has 1 aromatic heterocycles. The van der Waals surface area contributed by atoms with Gasteiger partial charge in [-0.25, -0.2) is 4.79 Å². The van der Waals surface area contributed by atoms with Crippen LogP contribution in [0.1, 0.15) is 21.5 Å². The fraction of sp³-hybridized carbons (Fsp3) is 0.375. The fourth-order valence-corrected chi connectivity index (χ4v) is 2.46. The summed E-state index contributed by atoms with van der Waals surface area (Å²) < 4.78 is 12.2. The summed E-state index contributed by atoms with van der Waals surface area (Å²) >= 11 is 0. The first-order chi connectivity index (χ1) is 10.9. The molecule has 7 nitrogen and oxygen atoms in total. The highest BCUT2D eigenvalue weighted by atomic mass is 16.5. The molecule has 0 radical (unpaired) electrons. The quantitative estimate of drug-likeness (QED) is 0.838. The summed E-state index contributed by atoms with van der Waals surface area (Å²) in [6, 6.07) is 3.21. The maximum absolute atomic E-state index is 11.6. The van der Waals surface area contributed by atoms with E-state index in [0.29, 0.717) is 30.2 Å². The third-order valence-electron chi connectivity index (χ3n) is 3.51. The van der Waals surface area contributed by atoms with Crippen LogP contribution in [0.4, 0.5) is 0 Å². The van der Waals surface area contributed by atoms with Crippen LogP contribution < -0.4 is 9.47 Å². The molecule has 0 aliphatic heterocycles. The van der Waals surface area contributed by atoms with Crippen molar-refractivity contribution in [3.63, 3.8) is 0 Å². The van der Waals surface area contributed by atoms with Gasteiger partial charge in [0.25, 0.3) is 0 Å². The monoisotopic (exact) mass is 319 g/mol. The number of nitrogens with zero attached hydrogens (tertiary/aromatic N) is 3. The minimum absolute atomic E-state index is 0.180. The van der Waals surface area contributed by atoms with Crippen LogP contribution in [-0.4, -0.2) is 47.0 Å². The molecular formula is C16H21N3O4. The van der Waals surface area contributed by atoms with Crippen LogP contribution in [0.25, 0.3) is 0 Å². The van der Waals surface area contributed by atoms with Crippen LogP contribution in [0.2, 0.25) is 0 Å². The van der Waals surface area contributed by atoms with E-state index in [0.717, 1.165) is 5.56 Å². The molecule has 7 heteroatoms. The Morgan fingerprint density at radius 1 is 1.30 bits per heavy atom. The Balaban J connectivity index is 2.28. The number of aromatic nitrogens is 2. The Hall–Kier alpha value is -2.54. The molecule has 0 aliphatic rings. The van der Waals surface area contributed by atoms with Crippen molar-refractivity contribution in [2.45, 2.75) is 13.1 Å². The highest BCUT2D eigenvalue weighted by Crippen LogP contribution is 2.30. The molecule has 2 aromatic rings. The summed E-state index contributed by atoms with van der Waals surface area (Å²) in [6.07, 6.45) is 3.72. The smallest absolute Gasteiger partial charge is 0.336 e. The Morgan fingerprint density at radius 2 is 2.04 bits per heavy atom. The van der Waals surface area contributed by atoms with Crippen molar-refractivity contribution < 1.29 is 19.4 Å². The molecule has 0 atom stereocenters. The van der Waals surface area contributed by atoms with Gasteiger partial charge in [0.05, 0.1) is 26.0 Å². The van der Waals surface area contributed by atoms with Crippen molar-refractivity contribution in [1.29, 1.82) is 0 Å². The summed E-state index contributed by atoms with van der Waals surface area (Å²) in [4.78, 5) is 13.6. The molecule has 124 valence electrons. The molecule has 1 heterocycles. The summed E-state index contributed by atoms with van der Waals surface area (Å²) in [5.74, 6) is -0.0512. The lowest BCUT2D eigenvalue weighted by atomic mass is 10.0. The van der Waals surface area contributed by atoms with E-state index >= 15 is 0 Å². The van der Waals surface area contributed by atoms with Crippen molar-refractivity contribution in [3.8, 4) is 11.5 Å². The zero-order valence-electron chi connectivity index (χ0n) is 13.7. The number of aromatic carboxylic acids is 1. The molecule has 0 spiro atoms. The number of hydrogen-bond donors (Lipinski definition) is 1. The molecule has 1 N–H and O–H groups in total. The van der Waals surface area contributed by atoms with Crippen molar-refractivity contribution in [3.05, 3.63) is 41.2 Å². The number of hydrogen-bond acceptors (Lipinski definition) is 5. The van der Waals surface area contributed by atoms with Crippen LogP contribution in [-0.2, 0) is 20.1 Å². The highest BCUT2D eigenvalue weighted by Gasteiger charge is 2.19. The number of carboxylic acids is 1.